The monoisotopic (exact) mass is 364 g/mol. The third kappa shape index (κ3) is 7.91. The zero-order valence-corrected chi connectivity index (χ0v) is 18.4. The van der Waals surface area contributed by atoms with Crippen molar-refractivity contribution >= 4 is 0 Å². The zero-order chi connectivity index (χ0) is 19.7. The molecule has 0 nitrogen and oxygen atoms in total. The Labute approximate surface area is 168 Å². The maximum atomic E-state index is 2.50. The molecule has 1 atom stereocenters. The van der Waals surface area contributed by atoms with Gasteiger partial charge in [-0.15, -0.1) is 0 Å². The predicted octanol–water partition coefficient (Wildman–Crippen LogP) is 8.38. The molecule has 2 rings (SSSR count). The zero-order valence-electron chi connectivity index (χ0n) is 18.4. The molecular formula is C27H40. The minimum absolute atomic E-state index is 0.479. The highest BCUT2D eigenvalue weighted by atomic mass is 14.3. The Morgan fingerprint density at radius 2 is 1.44 bits per heavy atom. The van der Waals surface area contributed by atoms with Crippen molar-refractivity contribution < 1.29 is 0 Å². The first-order valence-electron chi connectivity index (χ1n) is 10.9. The Balaban J connectivity index is 1.72. The van der Waals surface area contributed by atoms with Gasteiger partial charge in [-0.05, 0) is 102 Å². The third-order valence-corrected chi connectivity index (χ3v) is 6.10. The largest absolute Gasteiger partial charge is 0.0856 e. The van der Waals surface area contributed by atoms with Crippen molar-refractivity contribution in [2.24, 2.45) is 5.41 Å². The van der Waals surface area contributed by atoms with E-state index in [0.717, 1.165) is 0 Å². The van der Waals surface area contributed by atoms with Gasteiger partial charge in [0.2, 0.25) is 0 Å². The molecule has 0 fully saturated rings. The van der Waals surface area contributed by atoms with Gasteiger partial charge >= 0.3 is 0 Å². The first-order valence-corrected chi connectivity index (χ1v) is 10.9. The van der Waals surface area contributed by atoms with E-state index in [1.165, 1.54) is 68.9 Å². The van der Waals surface area contributed by atoms with Gasteiger partial charge in [-0.3, -0.25) is 0 Å². The fourth-order valence-corrected chi connectivity index (χ4v) is 4.18. The number of fused-ring (bicyclic) bond motifs is 1. The quantitative estimate of drug-likeness (QED) is 0.386. The smallest absolute Gasteiger partial charge is 0.0222 e. The van der Waals surface area contributed by atoms with E-state index in [-0.39, 0.29) is 0 Å². The van der Waals surface area contributed by atoms with Gasteiger partial charge in [0, 0.05) is 0 Å². The van der Waals surface area contributed by atoms with Crippen LogP contribution in [0.1, 0.15) is 90.7 Å². The number of hydrogen-bond acceptors (Lipinski definition) is 0. The number of allylic oxidation sites excluding steroid dienone is 6. The molecule has 1 aliphatic carbocycles. The summed E-state index contributed by atoms with van der Waals surface area (Å²) in [6, 6.07) is 9.03. The summed E-state index contributed by atoms with van der Waals surface area (Å²) in [4.78, 5) is 0. The molecule has 0 heteroatoms. The van der Waals surface area contributed by atoms with Gasteiger partial charge in [-0.25, -0.2) is 0 Å². The van der Waals surface area contributed by atoms with Gasteiger partial charge < -0.3 is 0 Å². The lowest BCUT2D eigenvalue weighted by molar-refractivity contribution is 0.258. The molecule has 0 N–H and O–H groups in total. The second-order valence-electron chi connectivity index (χ2n) is 9.25. The third-order valence-electron chi connectivity index (χ3n) is 6.10. The summed E-state index contributed by atoms with van der Waals surface area (Å²) in [6.45, 7) is 11.4. The van der Waals surface area contributed by atoms with Crippen LogP contribution in [0.15, 0.2) is 59.2 Å². The van der Waals surface area contributed by atoms with Crippen molar-refractivity contribution in [1.29, 1.82) is 0 Å². The molecule has 0 aromatic heterocycles. The van der Waals surface area contributed by atoms with Crippen molar-refractivity contribution in [3.05, 3.63) is 70.3 Å². The van der Waals surface area contributed by atoms with Gasteiger partial charge in [0.1, 0.15) is 0 Å². The van der Waals surface area contributed by atoms with E-state index in [0.29, 0.717) is 5.41 Å². The van der Waals surface area contributed by atoms with Crippen LogP contribution < -0.4 is 0 Å². The Hall–Kier alpha value is -1.56. The lowest BCUT2D eigenvalue weighted by atomic mass is 9.70. The SMILES string of the molecule is CC(C)=CCC/C(C)=C/CC/C(C)=C/CCC1(C)CCc2ccccc2C1. The second-order valence-corrected chi connectivity index (χ2v) is 9.25. The van der Waals surface area contributed by atoms with Crippen LogP contribution in [0.25, 0.3) is 0 Å². The molecule has 0 bridgehead atoms. The molecular weight excluding hydrogens is 324 g/mol. The Bertz CT molecular complexity index is 682. The molecule has 0 saturated heterocycles. The first-order chi connectivity index (χ1) is 12.9. The summed E-state index contributed by atoms with van der Waals surface area (Å²) >= 11 is 0. The Morgan fingerprint density at radius 1 is 0.852 bits per heavy atom. The van der Waals surface area contributed by atoms with Crippen LogP contribution in [0.2, 0.25) is 0 Å². The van der Waals surface area contributed by atoms with Crippen LogP contribution in [0.5, 0.6) is 0 Å². The average Bonchev–Trinajstić information content (AvgIpc) is 2.61. The van der Waals surface area contributed by atoms with Crippen LogP contribution in [-0.2, 0) is 12.8 Å². The minimum Gasteiger partial charge on any atom is -0.0856 e. The van der Waals surface area contributed by atoms with Crippen molar-refractivity contribution in [3.8, 4) is 0 Å². The number of rotatable bonds is 9. The van der Waals surface area contributed by atoms with Crippen molar-refractivity contribution in [2.75, 3.05) is 0 Å². The summed E-state index contributed by atoms with van der Waals surface area (Å²) in [5.74, 6) is 0. The molecule has 1 unspecified atom stereocenters. The van der Waals surface area contributed by atoms with Gasteiger partial charge in [0.05, 0.1) is 0 Å². The van der Waals surface area contributed by atoms with Gasteiger partial charge in [0.15, 0.2) is 0 Å². The molecule has 148 valence electrons. The number of hydrogen-bond donors (Lipinski definition) is 0. The maximum Gasteiger partial charge on any atom is -0.0222 e. The normalized spacial score (nSPS) is 20.3. The molecule has 1 aliphatic rings. The summed E-state index contributed by atoms with van der Waals surface area (Å²) in [5.41, 5.74) is 8.16. The number of benzene rings is 1. The van der Waals surface area contributed by atoms with E-state index >= 15 is 0 Å². The summed E-state index contributed by atoms with van der Waals surface area (Å²) in [5, 5.41) is 0. The fraction of sp³-hybridized carbons (Fsp3) is 0.556. The summed E-state index contributed by atoms with van der Waals surface area (Å²) in [6.07, 6.45) is 18.5. The van der Waals surface area contributed by atoms with E-state index in [1.54, 1.807) is 16.7 Å². The van der Waals surface area contributed by atoms with Crippen LogP contribution in [0, 0.1) is 5.41 Å². The van der Waals surface area contributed by atoms with Gasteiger partial charge in [-0.1, -0.05) is 66.1 Å². The van der Waals surface area contributed by atoms with E-state index in [1.807, 2.05) is 0 Å². The minimum atomic E-state index is 0.479. The molecule has 1 aromatic rings. The van der Waals surface area contributed by atoms with Gasteiger partial charge in [0.25, 0.3) is 0 Å². The van der Waals surface area contributed by atoms with Crippen LogP contribution in [0.3, 0.4) is 0 Å². The highest BCUT2D eigenvalue weighted by Crippen LogP contribution is 2.39. The Morgan fingerprint density at radius 3 is 2.11 bits per heavy atom. The molecule has 0 aliphatic heterocycles. The van der Waals surface area contributed by atoms with Crippen LogP contribution >= 0.6 is 0 Å². The van der Waals surface area contributed by atoms with Crippen molar-refractivity contribution in [3.63, 3.8) is 0 Å². The average molecular weight is 365 g/mol. The molecule has 1 aromatic carbocycles. The van der Waals surface area contributed by atoms with Crippen LogP contribution in [-0.4, -0.2) is 0 Å². The fourth-order valence-electron chi connectivity index (χ4n) is 4.18. The topological polar surface area (TPSA) is 0 Å². The highest BCUT2D eigenvalue weighted by molar-refractivity contribution is 5.30. The number of aryl methyl sites for hydroxylation is 1. The Kier molecular flexibility index (Phi) is 8.61. The standard InChI is InChI=1S/C27H40/c1-22(2)11-8-12-23(3)13-9-14-24(4)15-10-19-27(5)20-18-25-16-6-7-17-26(25)21-27/h6-7,11,13,15-17H,8-10,12,14,18-21H2,1-5H3/b23-13+,24-15+. The van der Waals surface area contributed by atoms with E-state index < -0.39 is 0 Å². The molecule has 0 spiro atoms. The summed E-state index contributed by atoms with van der Waals surface area (Å²) in [7, 11) is 0. The molecule has 0 radical (unpaired) electrons. The van der Waals surface area contributed by atoms with E-state index in [4.69, 9.17) is 0 Å². The van der Waals surface area contributed by atoms with Crippen molar-refractivity contribution in [2.45, 2.75) is 92.4 Å². The predicted molar refractivity (Wildman–Crippen MR) is 121 cm³/mol. The summed E-state index contributed by atoms with van der Waals surface area (Å²) < 4.78 is 0. The molecule has 0 amide bonds. The lowest BCUT2D eigenvalue weighted by Gasteiger charge is -2.35. The van der Waals surface area contributed by atoms with Crippen LogP contribution in [0.4, 0.5) is 0 Å². The van der Waals surface area contributed by atoms with E-state index in [2.05, 4.69) is 77.1 Å². The van der Waals surface area contributed by atoms with E-state index in [9.17, 15) is 0 Å². The maximum absolute atomic E-state index is 2.50. The first kappa shape index (κ1) is 21.7. The highest BCUT2D eigenvalue weighted by Gasteiger charge is 2.28. The molecule has 0 saturated carbocycles. The molecule has 27 heavy (non-hydrogen) atoms. The molecule has 0 heterocycles. The van der Waals surface area contributed by atoms with Gasteiger partial charge in [-0.2, -0.15) is 0 Å². The van der Waals surface area contributed by atoms with Crippen molar-refractivity contribution in [1.82, 2.24) is 0 Å². The second kappa shape index (κ2) is 10.7. The lowest BCUT2D eigenvalue weighted by Crippen LogP contribution is -2.25.